The van der Waals surface area contributed by atoms with E-state index in [4.69, 9.17) is 5.73 Å². The summed E-state index contributed by atoms with van der Waals surface area (Å²) in [5, 5.41) is 7.54. The Balaban J connectivity index is 1.44. The van der Waals surface area contributed by atoms with Crippen molar-refractivity contribution in [2.75, 3.05) is 13.1 Å². The highest BCUT2D eigenvalue weighted by Gasteiger charge is 2.31. The number of rotatable bonds is 4. The van der Waals surface area contributed by atoms with Gasteiger partial charge < -0.3 is 5.73 Å². The Morgan fingerprint density at radius 2 is 2.00 bits per heavy atom. The lowest BCUT2D eigenvalue weighted by Gasteiger charge is -2.15. The molecule has 1 saturated heterocycles. The van der Waals surface area contributed by atoms with Crippen LogP contribution >= 0.6 is 0 Å². The van der Waals surface area contributed by atoms with Gasteiger partial charge in [0, 0.05) is 55.2 Å². The van der Waals surface area contributed by atoms with Gasteiger partial charge in [0.25, 0.3) is 0 Å². The van der Waals surface area contributed by atoms with Crippen LogP contribution in [0.15, 0.2) is 60.9 Å². The number of aromatic nitrogens is 3. The molecule has 3 heterocycles. The van der Waals surface area contributed by atoms with Crippen LogP contribution in [0.2, 0.25) is 0 Å². The summed E-state index contributed by atoms with van der Waals surface area (Å²) in [5.41, 5.74) is 10.8. The molecule has 0 bridgehead atoms. The Hall–Kier alpha value is -2.50. The van der Waals surface area contributed by atoms with Gasteiger partial charge in [0.1, 0.15) is 0 Å². The van der Waals surface area contributed by atoms with Gasteiger partial charge in [0.2, 0.25) is 0 Å². The number of nitrogens with zero attached hydrogens (tertiary/aromatic N) is 3. The second-order valence-electron chi connectivity index (χ2n) is 6.40. The van der Waals surface area contributed by atoms with E-state index in [0.717, 1.165) is 36.6 Å². The third kappa shape index (κ3) is 3.09. The van der Waals surface area contributed by atoms with Crippen LogP contribution in [0, 0.1) is 0 Å². The monoisotopic (exact) mass is 319 g/mol. The Morgan fingerprint density at radius 3 is 2.79 bits per heavy atom. The molecular formula is C19H21N5. The Bertz CT molecular complexity index is 784. The van der Waals surface area contributed by atoms with Crippen molar-refractivity contribution in [1.82, 2.24) is 20.1 Å². The molecule has 0 spiro atoms. The molecule has 3 aromatic rings. The maximum absolute atomic E-state index is 6.38. The molecule has 5 nitrogen and oxygen atoms in total. The van der Waals surface area contributed by atoms with E-state index in [1.165, 1.54) is 5.56 Å². The van der Waals surface area contributed by atoms with Gasteiger partial charge >= 0.3 is 0 Å². The summed E-state index contributed by atoms with van der Waals surface area (Å²) in [6, 6.07) is 16.8. The maximum Gasteiger partial charge on any atom is 0.0939 e. The lowest BCUT2D eigenvalue weighted by atomic mass is 9.95. The maximum atomic E-state index is 6.38. The summed E-state index contributed by atoms with van der Waals surface area (Å²) < 4.78 is 0. The number of nitrogens with one attached hydrogen (secondary N) is 1. The minimum absolute atomic E-state index is 0.174. The molecular weight excluding hydrogens is 298 g/mol. The van der Waals surface area contributed by atoms with Crippen molar-refractivity contribution < 1.29 is 0 Å². The van der Waals surface area contributed by atoms with Crippen LogP contribution in [0.5, 0.6) is 0 Å². The Morgan fingerprint density at radius 1 is 1.12 bits per heavy atom. The normalized spacial score (nSPS) is 21.2. The van der Waals surface area contributed by atoms with Crippen molar-refractivity contribution in [3.8, 4) is 11.3 Å². The summed E-state index contributed by atoms with van der Waals surface area (Å²) >= 11 is 0. The molecule has 5 heteroatoms. The zero-order valence-electron chi connectivity index (χ0n) is 13.5. The molecule has 1 aliphatic rings. The smallest absolute Gasteiger partial charge is 0.0939 e. The average molecular weight is 319 g/mol. The first kappa shape index (κ1) is 15.1. The van der Waals surface area contributed by atoms with Crippen LogP contribution in [0.25, 0.3) is 11.3 Å². The van der Waals surface area contributed by atoms with E-state index in [-0.39, 0.29) is 6.04 Å². The zero-order valence-corrected chi connectivity index (χ0v) is 13.5. The van der Waals surface area contributed by atoms with Crippen molar-refractivity contribution in [3.63, 3.8) is 0 Å². The van der Waals surface area contributed by atoms with Gasteiger partial charge in [-0.05, 0) is 23.8 Å². The van der Waals surface area contributed by atoms with E-state index in [2.05, 4.69) is 50.4 Å². The first-order chi connectivity index (χ1) is 11.8. The number of nitrogens with two attached hydrogens (primary N) is 1. The minimum Gasteiger partial charge on any atom is -0.326 e. The second kappa shape index (κ2) is 6.55. The predicted octanol–water partition coefficient (Wildman–Crippen LogP) is 2.40. The van der Waals surface area contributed by atoms with Crippen LogP contribution < -0.4 is 5.73 Å². The highest BCUT2D eigenvalue weighted by atomic mass is 15.2. The van der Waals surface area contributed by atoms with Gasteiger partial charge in [-0.1, -0.05) is 30.3 Å². The largest absolute Gasteiger partial charge is 0.326 e. The van der Waals surface area contributed by atoms with E-state index in [1.54, 1.807) is 6.20 Å². The molecule has 2 aromatic heterocycles. The lowest BCUT2D eigenvalue weighted by Crippen LogP contribution is -2.28. The zero-order chi connectivity index (χ0) is 16.4. The molecule has 1 aliphatic heterocycles. The van der Waals surface area contributed by atoms with Gasteiger partial charge in [0.05, 0.1) is 5.69 Å². The van der Waals surface area contributed by atoms with Gasteiger partial charge in [-0.15, -0.1) is 0 Å². The fourth-order valence-electron chi connectivity index (χ4n) is 3.44. The van der Waals surface area contributed by atoms with E-state index in [9.17, 15) is 0 Å². The quantitative estimate of drug-likeness (QED) is 0.774. The number of benzene rings is 1. The van der Waals surface area contributed by atoms with Crippen molar-refractivity contribution in [3.05, 3.63) is 72.2 Å². The third-order valence-corrected chi connectivity index (χ3v) is 4.65. The standard InChI is InChI=1S/C19H21N5/c20-18-13-24(12-17(18)14-5-2-1-3-6-14)11-16-9-19(23-22-16)15-7-4-8-21-10-15/h1-10,17-18H,11-13,20H2,(H,22,23)/t17-,18+/m0/s1. The summed E-state index contributed by atoms with van der Waals surface area (Å²) in [5.74, 6) is 0.395. The van der Waals surface area contributed by atoms with Crippen molar-refractivity contribution in [2.45, 2.75) is 18.5 Å². The average Bonchev–Trinajstić information content (AvgIpc) is 3.23. The van der Waals surface area contributed by atoms with E-state index >= 15 is 0 Å². The Kier molecular flexibility index (Phi) is 4.11. The van der Waals surface area contributed by atoms with Gasteiger partial charge in [-0.25, -0.2) is 0 Å². The summed E-state index contributed by atoms with van der Waals surface area (Å²) in [6.07, 6.45) is 3.60. The first-order valence-corrected chi connectivity index (χ1v) is 8.27. The van der Waals surface area contributed by atoms with E-state index in [1.807, 2.05) is 24.4 Å². The van der Waals surface area contributed by atoms with Gasteiger partial charge in [0.15, 0.2) is 0 Å². The fraction of sp³-hybridized carbons (Fsp3) is 0.263. The van der Waals surface area contributed by atoms with E-state index < -0.39 is 0 Å². The third-order valence-electron chi connectivity index (χ3n) is 4.65. The van der Waals surface area contributed by atoms with Gasteiger partial charge in [-0.2, -0.15) is 5.10 Å². The molecule has 1 aromatic carbocycles. The van der Waals surface area contributed by atoms with Crippen molar-refractivity contribution >= 4 is 0 Å². The van der Waals surface area contributed by atoms with Crippen LogP contribution in [-0.4, -0.2) is 39.2 Å². The van der Waals surface area contributed by atoms with Crippen LogP contribution in [-0.2, 0) is 6.54 Å². The van der Waals surface area contributed by atoms with E-state index in [0.29, 0.717) is 5.92 Å². The van der Waals surface area contributed by atoms with Crippen molar-refractivity contribution in [1.29, 1.82) is 0 Å². The van der Waals surface area contributed by atoms with Crippen molar-refractivity contribution in [2.24, 2.45) is 5.73 Å². The number of aromatic amines is 1. The first-order valence-electron chi connectivity index (χ1n) is 8.27. The van der Waals surface area contributed by atoms with Crippen LogP contribution in [0.1, 0.15) is 17.2 Å². The molecule has 2 atom stereocenters. The highest BCUT2D eigenvalue weighted by molar-refractivity contribution is 5.57. The summed E-state index contributed by atoms with van der Waals surface area (Å²) in [7, 11) is 0. The molecule has 0 amide bonds. The summed E-state index contributed by atoms with van der Waals surface area (Å²) in [4.78, 5) is 6.54. The van der Waals surface area contributed by atoms with Crippen LogP contribution in [0.3, 0.4) is 0 Å². The second-order valence-corrected chi connectivity index (χ2v) is 6.40. The molecule has 1 fully saturated rings. The summed E-state index contributed by atoms with van der Waals surface area (Å²) in [6.45, 7) is 2.72. The number of hydrogen-bond acceptors (Lipinski definition) is 4. The van der Waals surface area contributed by atoms with Gasteiger partial charge in [-0.3, -0.25) is 15.0 Å². The lowest BCUT2D eigenvalue weighted by molar-refractivity contribution is 0.319. The molecule has 0 unspecified atom stereocenters. The number of hydrogen-bond donors (Lipinski definition) is 2. The number of likely N-dealkylation sites (tertiary alicyclic amines) is 1. The fourth-order valence-corrected chi connectivity index (χ4v) is 3.44. The molecule has 0 radical (unpaired) electrons. The molecule has 0 saturated carbocycles. The topological polar surface area (TPSA) is 70.8 Å². The molecule has 24 heavy (non-hydrogen) atoms. The Labute approximate surface area is 141 Å². The number of pyridine rings is 1. The SMILES string of the molecule is N[C@@H]1CN(Cc2cc(-c3cccnc3)n[nH]2)C[C@H]1c1ccccc1. The minimum atomic E-state index is 0.174. The predicted molar refractivity (Wildman–Crippen MR) is 94.3 cm³/mol. The number of H-pyrrole nitrogens is 1. The molecule has 0 aliphatic carbocycles. The molecule has 122 valence electrons. The highest BCUT2D eigenvalue weighted by Crippen LogP contribution is 2.27. The molecule has 3 N–H and O–H groups in total. The molecule has 4 rings (SSSR count). The van der Waals surface area contributed by atoms with Crippen LogP contribution in [0.4, 0.5) is 0 Å².